The fourth-order valence-electron chi connectivity index (χ4n) is 0.840. The van der Waals surface area contributed by atoms with Crippen molar-refractivity contribution in [2.45, 2.75) is 13.0 Å². The monoisotopic (exact) mass is 188 g/mol. The zero-order valence-electron chi connectivity index (χ0n) is 6.62. The third-order valence-electron chi connectivity index (χ3n) is 1.31. The minimum atomic E-state index is -0.473. The van der Waals surface area contributed by atoms with Gasteiger partial charge >= 0.3 is 5.97 Å². The number of alkyl halides is 1. The van der Waals surface area contributed by atoms with Gasteiger partial charge in [0.15, 0.2) is 6.10 Å². The van der Waals surface area contributed by atoms with E-state index in [0.29, 0.717) is 5.76 Å². The van der Waals surface area contributed by atoms with Crippen molar-refractivity contribution in [1.82, 2.24) is 0 Å². The number of esters is 1. The van der Waals surface area contributed by atoms with E-state index in [0.717, 1.165) is 0 Å². The molecule has 3 nitrogen and oxygen atoms in total. The van der Waals surface area contributed by atoms with Gasteiger partial charge in [-0.1, -0.05) is 0 Å². The van der Waals surface area contributed by atoms with Crippen LogP contribution < -0.4 is 0 Å². The smallest absolute Gasteiger partial charge is 0.303 e. The summed E-state index contributed by atoms with van der Waals surface area (Å²) < 4.78 is 9.91. The van der Waals surface area contributed by atoms with Crippen LogP contribution in [0.2, 0.25) is 0 Å². The van der Waals surface area contributed by atoms with Gasteiger partial charge in [-0.05, 0) is 12.1 Å². The highest BCUT2D eigenvalue weighted by atomic mass is 35.5. The first-order valence-electron chi connectivity index (χ1n) is 3.50. The van der Waals surface area contributed by atoms with Gasteiger partial charge in [0.2, 0.25) is 0 Å². The van der Waals surface area contributed by atoms with Crippen molar-refractivity contribution in [3.63, 3.8) is 0 Å². The van der Waals surface area contributed by atoms with Gasteiger partial charge in [-0.3, -0.25) is 4.79 Å². The zero-order valence-corrected chi connectivity index (χ0v) is 7.38. The molecule has 0 aliphatic carbocycles. The van der Waals surface area contributed by atoms with Crippen molar-refractivity contribution in [2.75, 3.05) is 5.88 Å². The van der Waals surface area contributed by atoms with E-state index in [-0.39, 0.29) is 11.8 Å². The SMILES string of the molecule is CC(=O)O[C@H](CCl)c1ccco1. The molecule has 0 saturated heterocycles. The van der Waals surface area contributed by atoms with Gasteiger partial charge < -0.3 is 9.15 Å². The molecule has 0 saturated carbocycles. The molecule has 1 rings (SSSR count). The first kappa shape index (κ1) is 9.13. The van der Waals surface area contributed by atoms with E-state index in [9.17, 15) is 4.79 Å². The minimum absolute atomic E-state index is 0.201. The first-order chi connectivity index (χ1) is 5.74. The fourth-order valence-corrected chi connectivity index (χ4v) is 1.06. The van der Waals surface area contributed by atoms with E-state index in [2.05, 4.69) is 0 Å². The standard InChI is InChI=1S/C8H9ClO3/c1-6(10)12-8(5-9)7-3-2-4-11-7/h2-4,8H,5H2,1H3/t8-/m1/s1. The summed E-state index contributed by atoms with van der Waals surface area (Å²) in [4.78, 5) is 10.6. The van der Waals surface area contributed by atoms with Gasteiger partial charge in [-0.15, -0.1) is 11.6 Å². The number of carbonyl (C=O) groups is 1. The van der Waals surface area contributed by atoms with Gasteiger partial charge in [0.1, 0.15) is 5.76 Å². The van der Waals surface area contributed by atoms with E-state index < -0.39 is 6.10 Å². The summed E-state index contributed by atoms with van der Waals surface area (Å²) in [5.41, 5.74) is 0. The predicted octanol–water partition coefficient (Wildman–Crippen LogP) is 2.12. The average molecular weight is 189 g/mol. The second-order valence-electron chi connectivity index (χ2n) is 2.27. The van der Waals surface area contributed by atoms with Crippen LogP contribution in [0.25, 0.3) is 0 Å². The van der Waals surface area contributed by atoms with E-state index in [1.54, 1.807) is 12.1 Å². The van der Waals surface area contributed by atoms with Crippen LogP contribution >= 0.6 is 11.6 Å². The third-order valence-corrected chi connectivity index (χ3v) is 1.59. The van der Waals surface area contributed by atoms with Crippen LogP contribution in [0.5, 0.6) is 0 Å². The molecule has 0 aliphatic heterocycles. The topological polar surface area (TPSA) is 39.4 Å². The molecule has 0 unspecified atom stereocenters. The highest BCUT2D eigenvalue weighted by Gasteiger charge is 2.15. The lowest BCUT2D eigenvalue weighted by Crippen LogP contribution is -2.08. The summed E-state index contributed by atoms with van der Waals surface area (Å²) in [6, 6.07) is 3.44. The molecule has 1 aromatic rings. The molecule has 4 heteroatoms. The molecule has 1 atom stereocenters. The average Bonchev–Trinajstić information content (AvgIpc) is 2.51. The Bertz CT molecular complexity index is 243. The maximum Gasteiger partial charge on any atom is 0.303 e. The Labute approximate surface area is 75.3 Å². The van der Waals surface area contributed by atoms with Gasteiger partial charge in [-0.25, -0.2) is 0 Å². The number of rotatable bonds is 3. The van der Waals surface area contributed by atoms with Gasteiger partial charge in [-0.2, -0.15) is 0 Å². The maximum absolute atomic E-state index is 10.6. The van der Waals surface area contributed by atoms with Crippen molar-refractivity contribution in [2.24, 2.45) is 0 Å². The Morgan fingerprint density at radius 1 is 1.83 bits per heavy atom. The van der Waals surface area contributed by atoms with Gasteiger partial charge in [0.05, 0.1) is 12.1 Å². The third kappa shape index (κ3) is 2.27. The van der Waals surface area contributed by atoms with E-state index in [4.69, 9.17) is 20.8 Å². The number of carbonyl (C=O) groups excluding carboxylic acids is 1. The number of furan rings is 1. The quantitative estimate of drug-likeness (QED) is 0.539. The van der Waals surface area contributed by atoms with Crippen molar-refractivity contribution in [3.05, 3.63) is 24.2 Å². The van der Waals surface area contributed by atoms with E-state index in [1.165, 1.54) is 13.2 Å². The zero-order chi connectivity index (χ0) is 8.97. The number of halogens is 1. The molecule has 1 heterocycles. The molecular formula is C8H9ClO3. The summed E-state index contributed by atoms with van der Waals surface area (Å²) in [5.74, 6) is 0.407. The molecule has 66 valence electrons. The number of hydrogen-bond acceptors (Lipinski definition) is 3. The summed E-state index contributed by atoms with van der Waals surface area (Å²) >= 11 is 5.57. The molecule has 0 spiro atoms. The molecule has 12 heavy (non-hydrogen) atoms. The fraction of sp³-hybridized carbons (Fsp3) is 0.375. The van der Waals surface area contributed by atoms with Crippen molar-refractivity contribution in [1.29, 1.82) is 0 Å². The molecule has 0 aromatic carbocycles. The van der Waals surface area contributed by atoms with Crippen molar-refractivity contribution in [3.8, 4) is 0 Å². The molecule has 0 aliphatic rings. The van der Waals surface area contributed by atoms with Crippen LogP contribution in [-0.4, -0.2) is 11.8 Å². The van der Waals surface area contributed by atoms with E-state index in [1.807, 2.05) is 0 Å². The van der Waals surface area contributed by atoms with Crippen LogP contribution in [0, 0.1) is 0 Å². The highest BCUT2D eigenvalue weighted by molar-refractivity contribution is 6.18. The predicted molar refractivity (Wildman–Crippen MR) is 43.9 cm³/mol. The van der Waals surface area contributed by atoms with Crippen LogP contribution in [0.15, 0.2) is 22.8 Å². The normalized spacial score (nSPS) is 12.5. The summed E-state index contributed by atoms with van der Waals surface area (Å²) in [6.07, 6.45) is 1.04. The second-order valence-corrected chi connectivity index (χ2v) is 2.58. The van der Waals surface area contributed by atoms with Crippen LogP contribution in [-0.2, 0) is 9.53 Å². The largest absolute Gasteiger partial charge is 0.465 e. The molecule has 0 radical (unpaired) electrons. The highest BCUT2D eigenvalue weighted by Crippen LogP contribution is 2.19. The van der Waals surface area contributed by atoms with Crippen molar-refractivity contribution < 1.29 is 13.9 Å². The Kier molecular flexibility index (Phi) is 3.17. The summed E-state index contributed by atoms with van der Waals surface area (Å²) in [5, 5.41) is 0. The molecular weight excluding hydrogens is 180 g/mol. The van der Waals surface area contributed by atoms with Gasteiger partial charge in [0, 0.05) is 6.92 Å². The molecule has 0 bridgehead atoms. The van der Waals surface area contributed by atoms with Crippen LogP contribution in [0.3, 0.4) is 0 Å². The molecule has 1 aromatic heterocycles. The van der Waals surface area contributed by atoms with Crippen molar-refractivity contribution >= 4 is 17.6 Å². The maximum atomic E-state index is 10.6. The van der Waals surface area contributed by atoms with Crippen LogP contribution in [0.4, 0.5) is 0 Å². The first-order valence-corrected chi connectivity index (χ1v) is 4.04. The Morgan fingerprint density at radius 3 is 3.00 bits per heavy atom. The molecule has 0 amide bonds. The Morgan fingerprint density at radius 2 is 2.58 bits per heavy atom. The Hall–Kier alpha value is -0.960. The molecule has 0 fully saturated rings. The molecule has 0 N–H and O–H groups in total. The summed E-state index contributed by atoms with van der Waals surface area (Å²) in [6.45, 7) is 1.34. The van der Waals surface area contributed by atoms with Gasteiger partial charge in [0.25, 0.3) is 0 Å². The lowest BCUT2D eigenvalue weighted by Gasteiger charge is -2.10. The minimum Gasteiger partial charge on any atom is -0.465 e. The summed E-state index contributed by atoms with van der Waals surface area (Å²) in [7, 11) is 0. The van der Waals surface area contributed by atoms with E-state index >= 15 is 0 Å². The number of ether oxygens (including phenoxy) is 1. The Balaban J connectivity index is 2.63. The lowest BCUT2D eigenvalue weighted by atomic mass is 10.3. The van der Waals surface area contributed by atoms with Crippen LogP contribution in [0.1, 0.15) is 18.8 Å². The second kappa shape index (κ2) is 4.16. The lowest BCUT2D eigenvalue weighted by molar-refractivity contribution is -0.146. The number of hydrogen-bond donors (Lipinski definition) is 0.